The number of carboxylic acid groups (broad SMARTS) is 2. The molecule has 554 valence electrons. The lowest BCUT2D eigenvalue weighted by atomic mass is 9.96. The van der Waals surface area contributed by atoms with Gasteiger partial charge in [0.25, 0.3) is 0 Å². The summed E-state index contributed by atoms with van der Waals surface area (Å²) in [6.07, 6.45) is 0.386. The number of nitrogens with zero attached hydrogens (tertiary/aromatic N) is 2. The van der Waals surface area contributed by atoms with E-state index in [0.717, 1.165) is 6.42 Å². The number of rotatable bonds is 31. The highest BCUT2D eigenvalue weighted by Crippen LogP contribution is 2.27. The zero-order valence-electron chi connectivity index (χ0n) is 58.2. The van der Waals surface area contributed by atoms with Crippen LogP contribution in [0, 0.1) is 23.7 Å². The molecular formula is C66H103N17O16S. The number of imidazole rings is 1. The monoisotopic (exact) mass is 1420 g/mol. The number of nitrogens with two attached hydrogens (primary N) is 3. The van der Waals surface area contributed by atoms with Gasteiger partial charge in [-0.05, 0) is 80.7 Å². The fraction of sp³-hybridized carbons (Fsp3) is 0.636. The average molecular weight is 1420 g/mol. The van der Waals surface area contributed by atoms with E-state index < -0.39 is 192 Å². The van der Waals surface area contributed by atoms with Crippen molar-refractivity contribution in [3.8, 4) is 0 Å². The van der Waals surface area contributed by atoms with E-state index in [2.05, 4.69) is 73.4 Å². The summed E-state index contributed by atoms with van der Waals surface area (Å²) in [6.45, 7) is 14.2. The second-order valence-electron chi connectivity index (χ2n) is 25.9. The van der Waals surface area contributed by atoms with Crippen LogP contribution in [0.1, 0.15) is 150 Å². The zero-order valence-corrected chi connectivity index (χ0v) is 59.0. The maximum atomic E-state index is 14.9. The molecule has 2 aliphatic rings. The molecule has 34 heteroatoms. The Morgan fingerprint density at radius 2 is 1.26 bits per heavy atom. The van der Waals surface area contributed by atoms with E-state index >= 15 is 0 Å². The number of carboxylic acids is 2. The number of thioether (sulfide) groups is 1. The van der Waals surface area contributed by atoms with Crippen molar-refractivity contribution in [3.05, 3.63) is 54.1 Å². The first-order valence-corrected chi connectivity index (χ1v) is 35.0. The molecule has 3 heterocycles. The number of aromatic amines is 1. The first-order chi connectivity index (χ1) is 47.4. The number of aromatic nitrogens is 2. The molecule has 2 aromatic rings. The highest BCUT2D eigenvalue weighted by atomic mass is 32.2. The Morgan fingerprint density at radius 1 is 0.660 bits per heavy atom. The molecule has 0 saturated carbocycles. The number of primary amides is 1. The van der Waals surface area contributed by atoms with E-state index in [4.69, 9.17) is 17.2 Å². The zero-order chi connectivity index (χ0) is 74.3. The third kappa shape index (κ3) is 27.6. The lowest BCUT2D eigenvalue weighted by Crippen LogP contribution is -2.62. The van der Waals surface area contributed by atoms with Crippen LogP contribution in [0.5, 0.6) is 0 Å². The predicted octanol–water partition coefficient (Wildman–Crippen LogP) is -1.68. The van der Waals surface area contributed by atoms with Crippen LogP contribution in [0.4, 0.5) is 0 Å². The number of H-pyrrole nitrogens is 1. The average Bonchev–Trinajstić information content (AvgIpc) is 1.41. The fourth-order valence-electron chi connectivity index (χ4n) is 10.9. The number of aliphatic imine (C=N–C) groups is 1. The number of aliphatic carboxylic acids is 2. The van der Waals surface area contributed by atoms with Crippen molar-refractivity contribution in [2.75, 3.05) is 19.6 Å². The van der Waals surface area contributed by atoms with Crippen LogP contribution in [0.25, 0.3) is 0 Å². The number of amides is 12. The molecule has 0 radical (unpaired) electrons. The van der Waals surface area contributed by atoms with Gasteiger partial charge in [0.15, 0.2) is 0 Å². The highest BCUT2D eigenvalue weighted by molar-refractivity contribution is 8.15. The highest BCUT2D eigenvalue weighted by Gasteiger charge is 2.40. The predicted molar refractivity (Wildman–Crippen MR) is 369 cm³/mol. The van der Waals surface area contributed by atoms with Gasteiger partial charge in [-0.2, -0.15) is 0 Å². The minimum absolute atomic E-state index is 0.00169. The van der Waals surface area contributed by atoms with Crippen LogP contribution < -0.4 is 75.7 Å². The number of hydrogen-bond donors (Lipinski definition) is 17. The Morgan fingerprint density at radius 3 is 1.85 bits per heavy atom. The molecule has 1 aromatic heterocycles. The van der Waals surface area contributed by atoms with Crippen molar-refractivity contribution >= 4 is 99.6 Å². The van der Waals surface area contributed by atoms with E-state index in [-0.39, 0.29) is 95.7 Å². The van der Waals surface area contributed by atoms with Crippen LogP contribution in [0.2, 0.25) is 0 Å². The van der Waals surface area contributed by atoms with Crippen molar-refractivity contribution in [1.82, 2.24) is 68.5 Å². The van der Waals surface area contributed by atoms with Gasteiger partial charge in [0.2, 0.25) is 70.9 Å². The maximum absolute atomic E-state index is 14.9. The maximum Gasteiger partial charge on any atom is 0.305 e. The first-order valence-electron chi connectivity index (χ1n) is 34.1. The smallest absolute Gasteiger partial charge is 0.305 e. The number of benzene rings is 1. The molecule has 1 fully saturated rings. The molecular weight excluding hydrogens is 1320 g/mol. The van der Waals surface area contributed by atoms with Gasteiger partial charge in [-0.1, -0.05) is 117 Å². The summed E-state index contributed by atoms with van der Waals surface area (Å²) in [5.41, 5.74) is 18.7. The second kappa shape index (κ2) is 42.1. The minimum atomic E-state index is -1.94. The second-order valence-corrected chi connectivity index (χ2v) is 27.2. The molecule has 1 unspecified atom stereocenters. The summed E-state index contributed by atoms with van der Waals surface area (Å²) in [4.78, 5) is 207. The van der Waals surface area contributed by atoms with E-state index in [1.165, 1.54) is 24.3 Å². The van der Waals surface area contributed by atoms with Gasteiger partial charge in [0, 0.05) is 37.7 Å². The molecule has 0 aliphatic carbocycles. The van der Waals surface area contributed by atoms with Crippen LogP contribution in [0.15, 0.2) is 47.8 Å². The van der Waals surface area contributed by atoms with Gasteiger partial charge in [-0.15, -0.1) is 0 Å². The molecule has 1 aromatic carbocycles. The Hall–Kier alpha value is -9.05. The SMILES string of the molecule is CC[C@@H](C)[C@H](NC(=O)[C@@H](CCC(=O)O)NC(=O)[C@H](CC(C)C)NC(=O)C1CN=C([C@@H](N)[C@@H](C)CC)S1)C(=O)N[C@H]1CCCCNC(=O)[C@H](CC(N)=O)NC(=O)[C@@H](CC(=O)O)NC(=O)[C@H](Cc2cnc[nH]2)NC(=O)[C@@H](Cc2ccccc2)NC(=O)[C@H]([C@H](C)CC)NC(=O)[C@@H](CCCN)NC1=O. The van der Waals surface area contributed by atoms with Crippen molar-refractivity contribution in [3.63, 3.8) is 0 Å². The van der Waals surface area contributed by atoms with Crippen molar-refractivity contribution in [2.24, 2.45) is 45.9 Å². The molecule has 100 heavy (non-hydrogen) atoms. The molecule has 0 spiro atoms. The van der Waals surface area contributed by atoms with E-state index in [0.29, 0.717) is 16.3 Å². The standard InChI is InChI=1S/C66H103N17O16S/c1-9-35(6)52(69)66-72-32-48(100-66)63(97)80-43(26-34(4)5)59(93)75-42(22-23-50(85)86)58(92)83-53(36(7)10-2)64(98)76-40-20-15-16-25-71-55(89)46(29-49(68)84)78-62(96)47(30-51(87)88)79-61(95)45(28-39-31-70-33-73-39)77-60(94)44(27-38-18-13-12-14-19-38)81-65(99)54(37(8)11-3)82-57(91)41(21-17-24-67)74-56(40)90/h12-14,18-19,31,33-37,40-48,52-54H,9-11,15-17,20-30,32,67,69H2,1-8H3,(H2,68,84)(H,70,73)(H,71,89)(H,74,90)(H,75,93)(H,76,98)(H,77,94)(H,78,96)(H,79,95)(H,80,97)(H,81,99)(H,82,91)(H,83,92)(H,85,86)(H,87,88)/t35-,36+,37+,40-,41+,42+,43-,44+,45-,46-,47+,48?,52-,53-,54-/m0/s1. The van der Waals surface area contributed by atoms with Crippen LogP contribution in [-0.2, 0) is 80.0 Å². The summed E-state index contributed by atoms with van der Waals surface area (Å²) >= 11 is 1.20. The number of nitrogens with one attached hydrogen (secondary N) is 12. The quantitative estimate of drug-likeness (QED) is 0.0401. The molecule has 0 bridgehead atoms. The Kier molecular flexibility index (Phi) is 35.1. The molecule has 4 rings (SSSR count). The van der Waals surface area contributed by atoms with E-state index in [9.17, 15) is 77.3 Å². The number of carbonyl (C=O) groups is 14. The third-order valence-electron chi connectivity index (χ3n) is 17.5. The van der Waals surface area contributed by atoms with Gasteiger partial charge in [0.05, 0.1) is 36.8 Å². The van der Waals surface area contributed by atoms with Crippen LogP contribution in [-0.4, -0.2) is 199 Å². The number of hydrogen-bond acceptors (Lipinski definition) is 19. The fourth-order valence-corrected chi connectivity index (χ4v) is 12.0. The van der Waals surface area contributed by atoms with Gasteiger partial charge in [-0.3, -0.25) is 72.1 Å². The summed E-state index contributed by atoms with van der Waals surface area (Å²) in [7, 11) is 0. The lowest BCUT2D eigenvalue weighted by Gasteiger charge is -2.30. The Balaban J connectivity index is 1.76. The van der Waals surface area contributed by atoms with E-state index in [1.54, 1.807) is 58.0 Å². The lowest BCUT2D eigenvalue weighted by molar-refractivity contribution is -0.142. The van der Waals surface area contributed by atoms with Gasteiger partial charge in [-0.25, -0.2) is 4.98 Å². The van der Waals surface area contributed by atoms with Crippen molar-refractivity contribution in [1.29, 1.82) is 0 Å². The van der Waals surface area contributed by atoms with E-state index in [1.807, 2.05) is 27.7 Å². The summed E-state index contributed by atoms with van der Waals surface area (Å²) in [5, 5.41) is 48.4. The molecule has 33 nitrogen and oxygen atoms in total. The third-order valence-corrected chi connectivity index (χ3v) is 18.8. The van der Waals surface area contributed by atoms with Crippen molar-refractivity contribution in [2.45, 2.75) is 223 Å². The Labute approximate surface area is 586 Å². The normalized spacial score (nSPS) is 23.1. The minimum Gasteiger partial charge on any atom is -0.481 e. The van der Waals surface area contributed by atoms with Gasteiger partial charge in [0.1, 0.15) is 65.7 Å². The van der Waals surface area contributed by atoms with Crippen molar-refractivity contribution < 1.29 is 77.3 Å². The largest absolute Gasteiger partial charge is 0.481 e. The summed E-state index contributed by atoms with van der Waals surface area (Å²) in [6, 6.07) is -7.45. The molecule has 2 aliphatic heterocycles. The molecule has 20 N–H and O–H groups in total. The molecule has 12 amide bonds. The topological polar surface area (TPSA) is 531 Å². The number of carbonyl (C=O) groups excluding carboxylic acids is 12. The molecule has 15 atom stereocenters. The summed E-state index contributed by atoms with van der Waals surface area (Å²) in [5.74, 6) is -15.6. The molecule has 1 saturated heterocycles. The van der Waals surface area contributed by atoms with Crippen LogP contribution >= 0.6 is 11.8 Å². The summed E-state index contributed by atoms with van der Waals surface area (Å²) < 4.78 is 0. The van der Waals surface area contributed by atoms with Gasteiger partial charge >= 0.3 is 11.9 Å². The first kappa shape index (κ1) is 83.4. The van der Waals surface area contributed by atoms with Crippen LogP contribution in [0.3, 0.4) is 0 Å². The van der Waals surface area contributed by atoms with Gasteiger partial charge < -0.3 is 90.9 Å². The Bertz CT molecular complexity index is 3160.